The van der Waals surface area contributed by atoms with Crippen LogP contribution < -0.4 is 10.6 Å². The van der Waals surface area contributed by atoms with E-state index in [9.17, 15) is 14.0 Å². The van der Waals surface area contributed by atoms with Crippen LogP contribution in [0.1, 0.15) is 46.2 Å². The van der Waals surface area contributed by atoms with Crippen molar-refractivity contribution < 1.29 is 18.7 Å². The third-order valence-electron chi connectivity index (χ3n) is 7.37. The summed E-state index contributed by atoms with van der Waals surface area (Å²) in [6.45, 7) is 10.0. The first kappa shape index (κ1) is 27.1. The van der Waals surface area contributed by atoms with E-state index in [1.165, 1.54) is 25.6 Å². The average molecular weight is 551 g/mol. The van der Waals surface area contributed by atoms with Crippen LogP contribution in [0.25, 0.3) is 22.8 Å². The SMILES string of the molecule is CCN1CCCOCC1.Cc1c(/C=C2\C(=O)Nc3cccc(-c4cccc(Cl)c4F)c32)[nH]c2c1C(=O)NCC2. The maximum atomic E-state index is 14.8. The molecule has 0 spiro atoms. The monoisotopic (exact) mass is 550 g/mol. The molecule has 3 aliphatic rings. The Labute approximate surface area is 232 Å². The molecule has 0 unspecified atom stereocenters. The highest BCUT2D eigenvalue weighted by Crippen LogP contribution is 2.42. The van der Waals surface area contributed by atoms with Gasteiger partial charge in [-0.2, -0.15) is 0 Å². The lowest BCUT2D eigenvalue weighted by Crippen LogP contribution is -2.31. The van der Waals surface area contributed by atoms with Crippen molar-refractivity contribution in [2.24, 2.45) is 0 Å². The van der Waals surface area contributed by atoms with Gasteiger partial charge in [0.15, 0.2) is 0 Å². The first-order chi connectivity index (χ1) is 18.9. The zero-order valence-electron chi connectivity index (χ0n) is 22.1. The van der Waals surface area contributed by atoms with Crippen LogP contribution in [0.3, 0.4) is 0 Å². The number of ether oxygens (including phenoxy) is 1. The van der Waals surface area contributed by atoms with Crippen molar-refractivity contribution in [1.29, 1.82) is 0 Å². The predicted octanol–water partition coefficient (Wildman–Crippen LogP) is 5.29. The number of carbonyl (C=O) groups is 2. The molecule has 3 aromatic rings. The standard InChI is InChI=1S/C23H17ClFN3O2.C7H15NO/c1-11-18(27-17-8-9-26-23(30)19(11)17)10-14-20-12(4-3-7-16(20)28-22(14)29)13-5-2-6-15(24)21(13)25;1-2-8-4-3-6-9-7-5-8/h2-7,10,27H,8-9H2,1H3,(H,26,30)(H,28,29);2-7H2,1H3/b14-10-;. The van der Waals surface area contributed by atoms with E-state index in [1.54, 1.807) is 36.4 Å². The molecule has 0 aliphatic carbocycles. The summed E-state index contributed by atoms with van der Waals surface area (Å²) in [6, 6.07) is 10.1. The Bertz CT molecular complexity index is 1440. The lowest BCUT2D eigenvalue weighted by atomic mass is 9.93. The average Bonchev–Trinajstić information content (AvgIpc) is 3.28. The van der Waals surface area contributed by atoms with Crippen LogP contribution >= 0.6 is 11.6 Å². The Morgan fingerprint density at radius 1 is 1.05 bits per heavy atom. The molecule has 1 fully saturated rings. The number of hydrogen-bond acceptors (Lipinski definition) is 4. The lowest BCUT2D eigenvalue weighted by Gasteiger charge is -2.14. The summed E-state index contributed by atoms with van der Waals surface area (Å²) >= 11 is 5.99. The second-order valence-electron chi connectivity index (χ2n) is 9.76. The number of nitrogens with zero attached hydrogens (tertiary/aromatic N) is 1. The Morgan fingerprint density at radius 3 is 2.64 bits per heavy atom. The predicted molar refractivity (Wildman–Crippen MR) is 152 cm³/mol. The number of hydrogen-bond donors (Lipinski definition) is 3. The fourth-order valence-corrected chi connectivity index (χ4v) is 5.47. The quantitative estimate of drug-likeness (QED) is 0.387. The highest BCUT2D eigenvalue weighted by atomic mass is 35.5. The van der Waals surface area contributed by atoms with Gasteiger partial charge in [0, 0.05) is 60.9 Å². The van der Waals surface area contributed by atoms with Gasteiger partial charge in [0.05, 0.1) is 22.8 Å². The van der Waals surface area contributed by atoms with E-state index in [4.69, 9.17) is 16.3 Å². The number of rotatable bonds is 3. The van der Waals surface area contributed by atoms with Crippen molar-refractivity contribution in [3.05, 3.63) is 75.3 Å². The number of nitrogens with one attached hydrogen (secondary N) is 3. The number of carbonyl (C=O) groups excluding carboxylic acids is 2. The van der Waals surface area contributed by atoms with E-state index in [0.717, 1.165) is 31.0 Å². The van der Waals surface area contributed by atoms with Gasteiger partial charge in [0.25, 0.3) is 11.8 Å². The number of likely N-dealkylation sites (N-methyl/N-ethyl adjacent to an activating group) is 1. The summed E-state index contributed by atoms with van der Waals surface area (Å²) in [6.07, 6.45) is 3.63. The molecular formula is C30H32ClFN4O3. The molecular weight excluding hydrogens is 519 g/mol. The van der Waals surface area contributed by atoms with E-state index in [-0.39, 0.29) is 16.8 Å². The van der Waals surface area contributed by atoms with Gasteiger partial charge in [0.1, 0.15) is 5.82 Å². The van der Waals surface area contributed by atoms with Crippen molar-refractivity contribution >= 4 is 40.8 Å². The molecule has 4 heterocycles. The number of benzene rings is 2. The largest absolute Gasteiger partial charge is 0.380 e. The smallest absolute Gasteiger partial charge is 0.256 e. The summed E-state index contributed by atoms with van der Waals surface area (Å²) < 4.78 is 20.0. The highest BCUT2D eigenvalue weighted by molar-refractivity contribution is 6.36. The maximum Gasteiger partial charge on any atom is 0.256 e. The van der Waals surface area contributed by atoms with Gasteiger partial charge in [-0.1, -0.05) is 42.8 Å². The molecule has 9 heteroatoms. The zero-order valence-corrected chi connectivity index (χ0v) is 22.9. The topological polar surface area (TPSA) is 86.5 Å². The minimum Gasteiger partial charge on any atom is -0.380 e. The van der Waals surface area contributed by atoms with Gasteiger partial charge in [-0.15, -0.1) is 0 Å². The molecule has 6 rings (SSSR count). The molecule has 3 N–H and O–H groups in total. The molecule has 2 aromatic carbocycles. The molecule has 39 heavy (non-hydrogen) atoms. The number of H-pyrrole nitrogens is 1. The van der Waals surface area contributed by atoms with Gasteiger partial charge >= 0.3 is 0 Å². The minimum atomic E-state index is -0.533. The lowest BCUT2D eigenvalue weighted by molar-refractivity contribution is -0.110. The number of fused-ring (bicyclic) bond motifs is 2. The van der Waals surface area contributed by atoms with Crippen molar-refractivity contribution in [2.45, 2.75) is 26.7 Å². The van der Waals surface area contributed by atoms with Crippen LogP contribution in [-0.2, 0) is 16.0 Å². The Morgan fingerprint density at radius 2 is 1.85 bits per heavy atom. The molecule has 0 atom stereocenters. The molecule has 3 aliphatic heterocycles. The second-order valence-corrected chi connectivity index (χ2v) is 10.2. The maximum absolute atomic E-state index is 14.8. The molecule has 1 aromatic heterocycles. The van der Waals surface area contributed by atoms with E-state index < -0.39 is 5.82 Å². The third-order valence-corrected chi connectivity index (χ3v) is 7.67. The van der Waals surface area contributed by atoms with Crippen molar-refractivity contribution in [2.75, 3.05) is 44.7 Å². The van der Waals surface area contributed by atoms with Crippen LogP contribution in [0.2, 0.25) is 5.02 Å². The van der Waals surface area contributed by atoms with Crippen LogP contribution in [0.4, 0.5) is 10.1 Å². The summed E-state index contributed by atoms with van der Waals surface area (Å²) in [7, 11) is 0. The molecule has 0 bridgehead atoms. The van der Waals surface area contributed by atoms with Gasteiger partial charge in [0.2, 0.25) is 0 Å². The molecule has 7 nitrogen and oxygen atoms in total. The number of aromatic amines is 1. The first-order valence-electron chi connectivity index (χ1n) is 13.3. The fourth-order valence-electron chi connectivity index (χ4n) is 5.29. The van der Waals surface area contributed by atoms with E-state index >= 15 is 0 Å². The van der Waals surface area contributed by atoms with Crippen LogP contribution in [0, 0.1) is 12.7 Å². The highest BCUT2D eigenvalue weighted by Gasteiger charge is 2.30. The number of halogens is 2. The summed E-state index contributed by atoms with van der Waals surface area (Å²) in [5.74, 6) is -0.932. The summed E-state index contributed by atoms with van der Waals surface area (Å²) in [5.41, 5.74) is 5.47. The number of amides is 2. The summed E-state index contributed by atoms with van der Waals surface area (Å²) in [5, 5.41) is 5.71. The van der Waals surface area contributed by atoms with E-state index in [0.29, 0.717) is 52.2 Å². The van der Waals surface area contributed by atoms with Gasteiger partial charge in [-0.3, -0.25) is 9.59 Å². The van der Waals surface area contributed by atoms with Gasteiger partial charge in [-0.25, -0.2) is 4.39 Å². The normalized spacial score (nSPS) is 18.0. The zero-order chi connectivity index (χ0) is 27.5. The molecule has 2 amide bonds. The van der Waals surface area contributed by atoms with Crippen LogP contribution in [-0.4, -0.2) is 61.1 Å². The molecule has 0 saturated carbocycles. The second kappa shape index (κ2) is 11.7. The van der Waals surface area contributed by atoms with Crippen molar-refractivity contribution in [3.63, 3.8) is 0 Å². The van der Waals surface area contributed by atoms with Crippen molar-refractivity contribution in [3.8, 4) is 11.1 Å². The summed E-state index contributed by atoms with van der Waals surface area (Å²) in [4.78, 5) is 30.7. The minimum absolute atomic E-state index is 0.0202. The number of anilines is 1. The fraction of sp³-hybridized carbons (Fsp3) is 0.333. The first-order valence-corrected chi connectivity index (χ1v) is 13.7. The number of aromatic nitrogens is 1. The van der Waals surface area contributed by atoms with Gasteiger partial charge in [-0.05, 0) is 49.2 Å². The van der Waals surface area contributed by atoms with Gasteiger partial charge < -0.3 is 25.3 Å². The Hall–Kier alpha value is -3.46. The Balaban J connectivity index is 0.000000292. The van der Waals surface area contributed by atoms with E-state index in [2.05, 4.69) is 27.4 Å². The van der Waals surface area contributed by atoms with Crippen molar-refractivity contribution in [1.82, 2.24) is 15.2 Å². The molecule has 1 saturated heterocycles. The molecule has 204 valence electrons. The van der Waals surface area contributed by atoms with Crippen LogP contribution in [0.15, 0.2) is 36.4 Å². The molecule has 0 radical (unpaired) electrons. The third kappa shape index (κ3) is 5.50. The Kier molecular flexibility index (Phi) is 8.16. The van der Waals surface area contributed by atoms with E-state index in [1.807, 2.05) is 6.92 Å². The van der Waals surface area contributed by atoms with Crippen LogP contribution in [0.5, 0.6) is 0 Å².